The minimum absolute atomic E-state index is 0.0494. The molecule has 4 nitrogen and oxygen atoms in total. The molecular formula is C17H32N2O2. The molecule has 0 radical (unpaired) electrons. The van der Waals surface area contributed by atoms with Crippen LogP contribution in [0.1, 0.15) is 59.3 Å². The van der Waals surface area contributed by atoms with Crippen molar-refractivity contribution < 1.29 is 9.90 Å². The molecule has 1 heterocycles. The molecule has 0 aromatic heterocycles. The zero-order valence-electron chi connectivity index (χ0n) is 13.8. The van der Waals surface area contributed by atoms with Gasteiger partial charge in [-0.3, -0.25) is 0 Å². The topological polar surface area (TPSA) is 52.6 Å². The lowest BCUT2D eigenvalue weighted by molar-refractivity contribution is 0.128. The van der Waals surface area contributed by atoms with Crippen LogP contribution in [0.5, 0.6) is 0 Å². The summed E-state index contributed by atoms with van der Waals surface area (Å²) in [4.78, 5) is 14.2. The van der Waals surface area contributed by atoms with Gasteiger partial charge in [0.25, 0.3) is 0 Å². The lowest BCUT2D eigenvalue weighted by atomic mass is 9.78. The fraction of sp³-hybridized carbons (Fsp3) is 0.941. The van der Waals surface area contributed by atoms with E-state index in [-0.39, 0.29) is 24.1 Å². The molecule has 2 rings (SSSR count). The second-order valence-electron chi connectivity index (χ2n) is 7.23. The summed E-state index contributed by atoms with van der Waals surface area (Å²) in [6.07, 6.45) is 7.29. The second kappa shape index (κ2) is 7.48. The van der Waals surface area contributed by atoms with E-state index < -0.39 is 0 Å². The number of carbonyl (C=O) groups excluding carboxylic acids is 1. The van der Waals surface area contributed by atoms with Gasteiger partial charge in [0.15, 0.2) is 0 Å². The molecule has 122 valence electrons. The summed E-state index contributed by atoms with van der Waals surface area (Å²) in [6.45, 7) is 7.70. The maximum Gasteiger partial charge on any atom is 0.317 e. The Hall–Kier alpha value is -0.770. The van der Waals surface area contributed by atoms with Gasteiger partial charge in [-0.1, -0.05) is 39.0 Å². The van der Waals surface area contributed by atoms with Crippen LogP contribution in [0.2, 0.25) is 0 Å². The normalized spacial score (nSPS) is 28.2. The van der Waals surface area contributed by atoms with Crippen LogP contribution in [0.15, 0.2) is 0 Å². The average Bonchev–Trinajstić information content (AvgIpc) is 2.97. The van der Waals surface area contributed by atoms with Crippen molar-refractivity contribution in [2.75, 3.05) is 13.1 Å². The van der Waals surface area contributed by atoms with Gasteiger partial charge in [0.2, 0.25) is 0 Å². The summed E-state index contributed by atoms with van der Waals surface area (Å²) in [7, 11) is 0. The molecule has 2 amide bonds. The summed E-state index contributed by atoms with van der Waals surface area (Å²) in [5.41, 5.74) is 0. The highest BCUT2D eigenvalue weighted by Gasteiger charge is 2.31. The fourth-order valence-corrected chi connectivity index (χ4v) is 3.85. The molecule has 0 aromatic rings. The number of nitrogens with zero attached hydrogens (tertiary/aromatic N) is 1. The van der Waals surface area contributed by atoms with E-state index in [1.165, 1.54) is 32.1 Å². The van der Waals surface area contributed by atoms with Gasteiger partial charge in [0.1, 0.15) is 0 Å². The van der Waals surface area contributed by atoms with Crippen LogP contribution in [0.3, 0.4) is 0 Å². The first-order valence-corrected chi connectivity index (χ1v) is 8.72. The largest absolute Gasteiger partial charge is 0.393 e. The van der Waals surface area contributed by atoms with Crippen molar-refractivity contribution in [1.29, 1.82) is 0 Å². The standard InChI is InChI=1S/C17H32N2O2/c1-12(15-7-5-4-6-8-15)13(2)18-17(21)19-10-9-16(11-19)14(3)20/h12-16,20H,4-11H2,1-3H3,(H,18,21). The van der Waals surface area contributed by atoms with E-state index >= 15 is 0 Å². The molecule has 1 aliphatic heterocycles. The van der Waals surface area contributed by atoms with Gasteiger partial charge >= 0.3 is 6.03 Å². The number of aliphatic hydroxyl groups excluding tert-OH is 1. The number of hydrogen-bond donors (Lipinski definition) is 2. The quantitative estimate of drug-likeness (QED) is 0.838. The summed E-state index contributed by atoms with van der Waals surface area (Å²) < 4.78 is 0. The van der Waals surface area contributed by atoms with Crippen LogP contribution in [0, 0.1) is 17.8 Å². The molecule has 2 N–H and O–H groups in total. The Morgan fingerprint density at radius 3 is 2.33 bits per heavy atom. The molecule has 0 aromatic carbocycles. The number of carbonyl (C=O) groups is 1. The number of urea groups is 1. The molecular weight excluding hydrogens is 264 g/mol. The molecule has 1 saturated heterocycles. The van der Waals surface area contributed by atoms with Gasteiger partial charge in [-0.15, -0.1) is 0 Å². The highest BCUT2D eigenvalue weighted by Crippen LogP contribution is 2.31. The Balaban J connectivity index is 1.79. The van der Waals surface area contributed by atoms with Gasteiger partial charge < -0.3 is 15.3 Å². The van der Waals surface area contributed by atoms with E-state index in [1.807, 2.05) is 11.8 Å². The predicted molar refractivity (Wildman–Crippen MR) is 85.1 cm³/mol. The smallest absolute Gasteiger partial charge is 0.317 e. The zero-order chi connectivity index (χ0) is 15.4. The minimum atomic E-state index is -0.318. The van der Waals surface area contributed by atoms with Crippen LogP contribution in [0.4, 0.5) is 4.79 Å². The van der Waals surface area contributed by atoms with E-state index in [1.54, 1.807) is 0 Å². The second-order valence-corrected chi connectivity index (χ2v) is 7.23. The predicted octanol–water partition coefficient (Wildman–Crippen LogP) is 3.00. The van der Waals surface area contributed by atoms with Gasteiger partial charge in [0, 0.05) is 25.0 Å². The summed E-state index contributed by atoms with van der Waals surface area (Å²) >= 11 is 0. The Bertz CT molecular complexity index is 340. The van der Waals surface area contributed by atoms with Crippen LogP contribution in [0.25, 0.3) is 0 Å². The van der Waals surface area contributed by atoms with Gasteiger partial charge in [-0.25, -0.2) is 4.79 Å². The summed E-state index contributed by atoms with van der Waals surface area (Å²) in [5.74, 6) is 1.55. The van der Waals surface area contributed by atoms with E-state index in [0.29, 0.717) is 12.5 Å². The number of nitrogens with one attached hydrogen (secondary N) is 1. The summed E-state index contributed by atoms with van der Waals surface area (Å²) in [5, 5.41) is 12.8. The van der Waals surface area contributed by atoms with E-state index in [4.69, 9.17) is 0 Å². The van der Waals surface area contributed by atoms with E-state index in [0.717, 1.165) is 18.9 Å². The number of likely N-dealkylation sites (tertiary alicyclic amines) is 1. The fourth-order valence-electron chi connectivity index (χ4n) is 3.85. The maximum atomic E-state index is 12.3. The van der Waals surface area contributed by atoms with Crippen LogP contribution >= 0.6 is 0 Å². The Kier molecular flexibility index (Phi) is 5.91. The number of hydrogen-bond acceptors (Lipinski definition) is 2. The third-order valence-electron chi connectivity index (χ3n) is 5.73. The molecule has 4 heteroatoms. The molecule has 21 heavy (non-hydrogen) atoms. The van der Waals surface area contributed by atoms with Gasteiger partial charge in [-0.05, 0) is 32.1 Å². The number of aliphatic hydroxyl groups is 1. The molecule has 0 bridgehead atoms. The monoisotopic (exact) mass is 296 g/mol. The highest BCUT2D eigenvalue weighted by molar-refractivity contribution is 5.74. The molecule has 4 unspecified atom stereocenters. The Morgan fingerprint density at radius 1 is 1.10 bits per heavy atom. The van der Waals surface area contributed by atoms with Crippen molar-refractivity contribution in [2.45, 2.75) is 71.4 Å². The van der Waals surface area contributed by atoms with Gasteiger partial charge in [-0.2, -0.15) is 0 Å². The Morgan fingerprint density at radius 2 is 1.76 bits per heavy atom. The highest BCUT2D eigenvalue weighted by atomic mass is 16.3. The number of rotatable bonds is 4. The van der Waals surface area contributed by atoms with Crippen molar-refractivity contribution in [3.63, 3.8) is 0 Å². The van der Waals surface area contributed by atoms with Crippen molar-refractivity contribution in [3.05, 3.63) is 0 Å². The average molecular weight is 296 g/mol. The molecule has 2 aliphatic rings. The first-order chi connectivity index (χ1) is 9.99. The van der Waals surface area contributed by atoms with E-state index in [2.05, 4.69) is 19.2 Å². The first-order valence-electron chi connectivity index (χ1n) is 8.72. The van der Waals surface area contributed by atoms with Crippen molar-refractivity contribution in [1.82, 2.24) is 10.2 Å². The third kappa shape index (κ3) is 4.35. The molecule has 0 spiro atoms. The molecule has 2 fully saturated rings. The van der Waals surface area contributed by atoms with Crippen LogP contribution in [-0.2, 0) is 0 Å². The van der Waals surface area contributed by atoms with Crippen molar-refractivity contribution in [3.8, 4) is 0 Å². The van der Waals surface area contributed by atoms with Crippen LogP contribution in [-0.4, -0.2) is 41.3 Å². The maximum absolute atomic E-state index is 12.3. The SMILES string of the molecule is CC(O)C1CCN(C(=O)NC(C)C(C)C2CCCCC2)C1. The number of amides is 2. The lowest BCUT2D eigenvalue weighted by Gasteiger charge is -2.33. The van der Waals surface area contributed by atoms with E-state index in [9.17, 15) is 9.90 Å². The first kappa shape index (κ1) is 16.6. The Labute approximate surface area is 129 Å². The molecule has 1 aliphatic carbocycles. The van der Waals surface area contributed by atoms with Gasteiger partial charge in [0.05, 0.1) is 6.10 Å². The van der Waals surface area contributed by atoms with Crippen LogP contribution < -0.4 is 5.32 Å². The lowest BCUT2D eigenvalue weighted by Crippen LogP contribution is -2.46. The van der Waals surface area contributed by atoms with Crippen molar-refractivity contribution in [2.24, 2.45) is 17.8 Å². The summed E-state index contributed by atoms with van der Waals surface area (Å²) in [6, 6.07) is 0.277. The van der Waals surface area contributed by atoms with Crippen molar-refractivity contribution >= 4 is 6.03 Å². The molecule has 4 atom stereocenters. The zero-order valence-corrected chi connectivity index (χ0v) is 13.8. The minimum Gasteiger partial charge on any atom is -0.393 e. The third-order valence-corrected chi connectivity index (χ3v) is 5.73. The molecule has 1 saturated carbocycles.